The molecule has 0 saturated carbocycles. The first kappa shape index (κ1) is 38.8. The lowest BCUT2D eigenvalue weighted by atomic mass is 9.72. The summed E-state index contributed by atoms with van der Waals surface area (Å²) >= 11 is 0. The molecule has 0 spiro atoms. The van der Waals surface area contributed by atoms with Crippen LogP contribution in [0.4, 0.5) is 0 Å². The fourth-order valence-electron chi connectivity index (χ4n) is 6.58. The monoisotopic (exact) mass is 706 g/mol. The number of rotatable bonds is 7. The van der Waals surface area contributed by atoms with Crippen molar-refractivity contribution in [2.45, 2.75) is 83.3 Å². The van der Waals surface area contributed by atoms with Gasteiger partial charge in [0, 0.05) is 60.9 Å². The molecule has 3 aromatic rings. The number of phenols is 2. The summed E-state index contributed by atoms with van der Waals surface area (Å²) in [7, 11) is 1.35. The topological polar surface area (TPSA) is 185 Å². The highest BCUT2D eigenvalue weighted by Crippen LogP contribution is 2.52. The summed E-state index contributed by atoms with van der Waals surface area (Å²) in [5.41, 5.74) is -2.08. The first-order valence-electron chi connectivity index (χ1n) is 14.7. The third-order valence-corrected chi connectivity index (χ3v) is 9.07. The normalized spacial score (nSPS) is 25.6. The number of fused-ring (bicyclic) bond motifs is 3. The maximum atomic E-state index is 13.8. The number of nitrogens with one attached hydrogen (secondary N) is 1. The number of halogens is 2. The predicted molar refractivity (Wildman–Crippen MR) is 178 cm³/mol. The van der Waals surface area contributed by atoms with Gasteiger partial charge >= 0.3 is 0 Å². The lowest BCUT2D eigenvalue weighted by Crippen LogP contribution is -2.54. The van der Waals surface area contributed by atoms with Gasteiger partial charge in [0.25, 0.3) is 0 Å². The number of carbonyl (C=O) groups is 3. The standard InChI is InChI=1S/C33H34N2O10.CH4.2ClH/c1-15-28(37)20(35-14-17-7-9-34-10-8-17)11-23(44-15)45-22-13-33(42,16(2)36)12-19-25(22)32(41)27-26(30(19)39)29(38)18-5-4-6-21(43-3)24(18)31(27)40;;;/h4-10,15,20,22-23,28,35,37,39,41-42H,11-14H2,1-3H3;1H4;2*1H/t15?,20?,22-,23?,28?,33-;;;/m0.../s1. The SMILES string of the molecule is C.COc1cccc2c1C(=O)c1c(O)c3c(c(O)c1C2=O)C[C@@](O)(C(C)=O)C[C@@H]3OC1CC(NCc2ccncc2)C(O)C(C)O1.Cl.Cl. The van der Waals surface area contributed by atoms with Crippen molar-refractivity contribution in [3.63, 3.8) is 0 Å². The van der Waals surface area contributed by atoms with Crippen LogP contribution < -0.4 is 10.1 Å². The molecule has 0 amide bonds. The summed E-state index contributed by atoms with van der Waals surface area (Å²) in [5.74, 6) is -3.15. The second-order valence-corrected chi connectivity index (χ2v) is 11.8. The van der Waals surface area contributed by atoms with E-state index in [1.807, 2.05) is 12.1 Å². The lowest BCUT2D eigenvalue weighted by Gasteiger charge is -2.43. The van der Waals surface area contributed by atoms with E-state index >= 15 is 0 Å². The average Bonchev–Trinajstić information content (AvgIpc) is 3.02. The van der Waals surface area contributed by atoms with Crippen LogP contribution in [0, 0.1) is 0 Å². The molecule has 2 aromatic carbocycles. The van der Waals surface area contributed by atoms with E-state index in [-0.39, 0.29) is 73.1 Å². The van der Waals surface area contributed by atoms with E-state index in [9.17, 15) is 34.8 Å². The Bertz CT molecular complexity index is 1710. The number of methoxy groups -OCH3 is 1. The maximum Gasteiger partial charge on any atom is 0.202 e. The number of pyridine rings is 1. The van der Waals surface area contributed by atoms with Gasteiger partial charge in [0.15, 0.2) is 17.9 Å². The number of carbonyl (C=O) groups excluding carboxylic acids is 3. The van der Waals surface area contributed by atoms with Gasteiger partial charge in [-0.1, -0.05) is 19.6 Å². The molecule has 260 valence electrons. The number of hydrogen-bond donors (Lipinski definition) is 5. The molecule has 1 fully saturated rings. The molecule has 4 unspecified atom stereocenters. The number of aliphatic hydroxyl groups is 2. The highest BCUT2D eigenvalue weighted by molar-refractivity contribution is 6.31. The summed E-state index contributed by atoms with van der Waals surface area (Å²) in [6.07, 6.45) is -1.06. The van der Waals surface area contributed by atoms with Crippen molar-refractivity contribution in [2.75, 3.05) is 7.11 Å². The van der Waals surface area contributed by atoms with Gasteiger partial charge in [-0.3, -0.25) is 19.4 Å². The van der Waals surface area contributed by atoms with E-state index in [1.165, 1.54) is 32.2 Å². The van der Waals surface area contributed by atoms with Crippen LogP contribution in [-0.2, 0) is 27.2 Å². The Balaban J connectivity index is 0.00000208. The van der Waals surface area contributed by atoms with Crippen LogP contribution in [0.1, 0.15) is 88.8 Å². The van der Waals surface area contributed by atoms with E-state index in [2.05, 4.69) is 10.3 Å². The fraction of sp³-hybridized carbons (Fsp3) is 0.412. The van der Waals surface area contributed by atoms with Gasteiger partial charge in [-0.05, 0) is 37.6 Å². The van der Waals surface area contributed by atoms with Crippen molar-refractivity contribution in [2.24, 2.45) is 0 Å². The van der Waals surface area contributed by atoms with Crippen LogP contribution >= 0.6 is 24.8 Å². The summed E-state index contributed by atoms with van der Waals surface area (Å²) in [4.78, 5) is 44.2. The highest BCUT2D eigenvalue weighted by atomic mass is 35.5. The predicted octanol–water partition coefficient (Wildman–Crippen LogP) is 3.73. The summed E-state index contributed by atoms with van der Waals surface area (Å²) < 4.78 is 17.6. The van der Waals surface area contributed by atoms with Gasteiger partial charge in [0.05, 0.1) is 42.1 Å². The molecule has 1 saturated heterocycles. The lowest BCUT2D eigenvalue weighted by molar-refractivity contribution is -0.249. The summed E-state index contributed by atoms with van der Waals surface area (Å²) in [5, 5.41) is 48.8. The smallest absolute Gasteiger partial charge is 0.202 e. The van der Waals surface area contributed by atoms with Gasteiger partial charge in [0.1, 0.15) is 22.8 Å². The van der Waals surface area contributed by atoms with Crippen molar-refractivity contribution < 1.29 is 49.0 Å². The third kappa shape index (κ3) is 6.53. The van der Waals surface area contributed by atoms with E-state index in [1.54, 1.807) is 19.3 Å². The number of nitrogens with zero attached hydrogens (tertiary/aromatic N) is 1. The van der Waals surface area contributed by atoms with Gasteiger partial charge in [-0.15, -0.1) is 24.8 Å². The quantitative estimate of drug-likeness (QED) is 0.176. The number of ether oxygens (including phenoxy) is 3. The second kappa shape index (κ2) is 14.9. The summed E-state index contributed by atoms with van der Waals surface area (Å²) in [6, 6.07) is 7.67. The molecule has 48 heavy (non-hydrogen) atoms. The van der Waals surface area contributed by atoms with Crippen LogP contribution in [0.25, 0.3) is 0 Å². The molecule has 0 bridgehead atoms. The number of phenolic OH excluding ortho intramolecular Hbond substituents is 2. The Morgan fingerprint density at radius 2 is 1.73 bits per heavy atom. The van der Waals surface area contributed by atoms with Crippen molar-refractivity contribution >= 4 is 42.2 Å². The number of ketones is 3. The van der Waals surface area contributed by atoms with Crippen molar-refractivity contribution in [3.8, 4) is 17.2 Å². The molecule has 14 heteroatoms. The summed E-state index contributed by atoms with van der Waals surface area (Å²) in [6.45, 7) is 3.31. The van der Waals surface area contributed by atoms with Crippen LogP contribution in [0.3, 0.4) is 0 Å². The molecule has 3 aliphatic rings. The average molecular weight is 708 g/mol. The van der Waals surface area contributed by atoms with E-state index in [4.69, 9.17) is 14.2 Å². The molecule has 1 aromatic heterocycles. The van der Waals surface area contributed by atoms with E-state index < -0.39 is 82.6 Å². The molecular weight excluding hydrogens is 667 g/mol. The van der Waals surface area contributed by atoms with Gasteiger partial charge in [-0.25, -0.2) is 0 Å². The van der Waals surface area contributed by atoms with Gasteiger partial charge < -0.3 is 40.0 Å². The molecule has 12 nitrogen and oxygen atoms in total. The Morgan fingerprint density at radius 3 is 2.38 bits per heavy atom. The second-order valence-electron chi connectivity index (χ2n) is 11.8. The third-order valence-electron chi connectivity index (χ3n) is 9.07. The zero-order valence-corrected chi connectivity index (χ0v) is 27.4. The van der Waals surface area contributed by atoms with Crippen LogP contribution in [0.15, 0.2) is 42.7 Å². The number of aliphatic hydroxyl groups excluding tert-OH is 1. The van der Waals surface area contributed by atoms with Crippen molar-refractivity contribution in [1.29, 1.82) is 0 Å². The Labute approximate surface area is 290 Å². The Hall–Kier alpha value is -3.62. The molecule has 6 rings (SSSR count). The molecule has 5 N–H and O–H groups in total. The first-order valence-corrected chi connectivity index (χ1v) is 14.7. The van der Waals surface area contributed by atoms with Crippen LogP contribution in [0.2, 0.25) is 0 Å². The molecule has 2 heterocycles. The number of benzene rings is 2. The first-order chi connectivity index (χ1) is 21.4. The Morgan fingerprint density at radius 1 is 1.06 bits per heavy atom. The fourth-order valence-corrected chi connectivity index (χ4v) is 6.58. The van der Waals surface area contributed by atoms with Crippen LogP contribution in [0.5, 0.6) is 17.2 Å². The molecular formula is C34H40Cl2N2O10. The van der Waals surface area contributed by atoms with E-state index in [0.717, 1.165) is 5.56 Å². The highest BCUT2D eigenvalue weighted by Gasteiger charge is 2.49. The minimum atomic E-state index is -2.02. The van der Waals surface area contributed by atoms with Gasteiger partial charge in [-0.2, -0.15) is 0 Å². The zero-order valence-electron chi connectivity index (χ0n) is 25.8. The molecule has 0 radical (unpaired) electrons. The number of aromatic nitrogens is 1. The number of aromatic hydroxyl groups is 2. The van der Waals surface area contributed by atoms with Crippen molar-refractivity contribution in [3.05, 3.63) is 81.7 Å². The maximum absolute atomic E-state index is 13.8. The van der Waals surface area contributed by atoms with Crippen molar-refractivity contribution in [1.82, 2.24) is 10.3 Å². The number of hydrogen-bond acceptors (Lipinski definition) is 12. The molecule has 6 atom stereocenters. The van der Waals surface area contributed by atoms with Gasteiger partial charge in [0.2, 0.25) is 5.78 Å². The minimum absolute atomic E-state index is 0. The Kier molecular flexibility index (Phi) is 12.0. The minimum Gasteiger partial charge on any atom is -0.507 e. The molecule has 1 aliphatic heterocycles. The van der Waals surface area contributed by atoms with E-state index in [0.29, 0.717) is 6.54 Å². The largest absolute Gasteiger partial charge is 0.507 e. The number of Topliss-reactive ketones (excluding diaryl/α,β-unsaturated/α-hetero) is 1. The zero-order chi connectivity index (χ0) is 32.2. The van der Waals surface area contributed by atoms with Crippen LogP contribution in [-0.4, -0.2) is 80.0 Å². The molecule has 2 aliphatic carbocycles.